The van der Waals surface area contributed by atoms with E-state index < -0.39 is 11.9 Å². The Balaban J connectivity index is 2.05. The fraction of sp³-hybridized carbons (Fsp3) is 0.348. The molecule has 0 heterocycles. The number of Topliss-reactive ketones (excluding diaryl/α,β-unsaturated/α-hetero) is 1. The highest BCUT2D eigenvalue weighted by molar-refractivity contribution is 6.11. The van der Waals surface area contributed by atoms with Crippen molar-refractivity contribution in [3.63, 3.8) is 0 Å². The van der Waals surface area contributed by atoms with Crippen LogP contribution in [0.3, 0.4) is 0 Å². The molecule has 1 N–H and O–H groups in total. The summed E-state index contributed by atoms with van der Waals surface area (Å²) in [6.45, 7) is 4.41. The van der Waals surface area contributed by atoms with E-state index in [-0.39, 0.29) is 17.8 Å². The molecule has 30 heavy (non-hydrogen) atoms. The number of nitrogens with one attached hydrogen (secondary N) is 1. The molecule has 160 valence electrons. The lowest BCUT2D eigenvalue weighted by molar-refractivity contribution is -0.115. The van der Waals surface area contributed by atoms with Crippen LogP contribution in [0.2, 0.25) is 0 Å². The van der Waals surface area contributed by atoms with Crippen molar-refractivity contribution in [1.29, 1.82) is 0 Å². The van der Waals surface area contributed by atoms with Crippen LogP contribution in [0.1, 0.15) is 47.4 Å². The maximum atomic E-state index is 12.4. The minimum absolute atomic E-state index is 0.288. The Morgan fingerprint density at radius 3 is 2.20 bits per heavy atom. The number of hydrogen-bond acceptors (Lipinski definition) is 6. The third kappa shape index (κ3) is 6.62. The van der Waals surface area contributed by atoms with Crippen LogP contribution in [0.4, 0.5) is 5.69 Å². The van der Waals surface area contributed by atoms with Crippen LogP contribution in [0.15, 0.2) is 42.5 Å². The van der Waals surface area contributed by atoms with Gasteiger partial charge < -0.3 is 19.5 Å². The summed E-state index contributed by atoms with van der Waals surface area (Å²) >= 11 is 0. The number of rotatable bonds is 10. The smallest absolute Gasteiger partial charge is 0.338 e. The number of anilines is 1. The minimum Gasteiger partial charge on any atom is -0.497 e. The van der Waals surface area contributed by atoms with Crippen LogP contribution < -0.4 is 14.8 Å². The Hall–Kier alpha value is -3.35. The van der Waals surface area contributed by atoms with Gasteiger partial charge in [-0.1, -0.05) is 13.8 Å². The summed E-state index contributed by atoms with van der Waals surface area (Å²) in [6.07, 6.45) is 0.414. The van der Waals surface area contributed by atoms with Gasteiger partial charge in [0.1, 0.15) is 11.5 Å². The zero-order chi connectivity index (χ0) is 22.1. The first-order valence-electron chi connectivity index (χ1n) is 9.66. The van der Waals surface area contributed by atoms with Gasteiger partial charge in [-0.15, -0.1) is 0 Å². The van der Waals surface area contributed by atoms with E-state index >= 15 is 0 Å². The number of carbonyl (C=O) groups excluding carboxylic acids is 3. The highest BCUT2D eigenvalue weighted by Gasteiger charge is 2.16. The summed E-state index contributed by atoms with van der Waals surface area (Å²) in [5.74, 6) is 0.0875. The Morgan fingerprint density at radius 1 is 0.933 bits per heavy atom. The maximum absolute atomic E-state index is 12.4. The lowest BCUT2D eigenvalue weighted by Gasteiger charge is -2.12. The summed E-state index contributed by atoms with van der Waals surface area (Å²) in [6, 6.07) is 11.1. The van der Waals surface area contributed by atoms with Gasteiger partial charge in [-0.2, -0.15) is 0 Å². The molecular weight excluding hydrogens is 386 g/mol. The van der Waals surface area contributed by atoms with E-state index in [4.69, 9.17) is 14.2 Å². The van der Waals surface area contributed by atoms with Crippen LogP contribution in [0.25, 0.3) is 0 Å². The van der Waals surface area contributed by atoms with Gasteiger partial charge in [0.2, 0.25) is 5.91 Å². The van der Waals surface area contributed by atoms with Gasteiger partial charge in [-0.25, -0.2) is 4.79 Å². The second-order valence-corrected chi connectivity index (χ2v) is 7.11. The molecule has 0 aliphatic heterocycles. The molecule has 2 aromatic carbocycles. The molecule has 2 aromatic rings. The van der Waals surface area contributed by atoms with Crippen LogP contribution in [0.5, 0.6) is 11.5 Å². The van der Waals surface area contributed by atoms with Gasteiger partial charge in [0.15, 0.2) is 5.78 Å². The molecule has 0 fully saturated rings. The van der Waals surface area contributed by atoms with E-state index in [0.717, 1.165) is 6.42 Å². The topological polar surface area (TPSA) is 90.9 Å². The number of hydrogen-bond donors (Lipinski definition) is 1. The Kier molecular flexibility index (Phi) is 8.41. The zero-order valence-electron chi connectivity index (χ0n) is 17.7. The average Bonchev–Trinajstić information content (AvgIpc) is 2.73. The SMILES string of the molecule is COc1ccc(C(=O)CC(=O)Nc2cc(C(=O)OCCC(C)C)ccc2OC)cc1. The van der Waals surface area contributed by atoms with Crippen molar-refractivity contribution in [1.82, 2.24) is 0 Å². The third-order valence-corrected chi connectivity index (χ3v) is 4.37. The lowest BCUT2D eigenvalue weighted by atomic mass is 10.1. The summed E-state index contributed by atoms with van der Waals surface area (Å²) in [7, 11) is 2.99. The molecule has 0 aliphatic rings. The molecule has 0 spiro atoms. The van der Waals surface area contributed by atoms with Gasteiger partial charge in [0, 0.05) is 5.56 Å². The number of ketones is 1. The molecule has 0 radical (unpaired) electrons. The summed E-state index contributed by atoms with van der Waals surface area (Å²) in [4.78, 5) is 37.0. The van der Waals surface area contributed by atoms with Crippen molar-refractivity contribution in [2.75, 3.05) is 26.1 Å². The van der Waals surface area contributed by atoms with Gasteiger partial charge >= 0.3 is 5.97 Å². The van der Waals surface area contributed by atoms with Crippen molar-refractivity contribution >= 4 is 23.3 Å². The summed E-state index contributed by atoms with van der Waals surface area (Å²) in [5.41, 5.74) is 0.986. The zero-order valence-corrected chi connectivity index (χ0v) is 17.7. The lowest BCUT2D eigenvalue weighted by Crippen LogP contribution is -2.17. The van der Waals surface area contributed by atoms with Crippen molar-refractivity contribution < 1.29 is 28.6 Å². The molecule has 0 saturated carbocycles. The van der Waals surface area contributed by atoms with E-state index in [0.29, 0.717) is 35.3 Å². The van der Waals surface area contributed by atoms with E-state index in [1.807, 2.05) is 13.8 Å². The third-order valence-electron chi connectivity index (χ3n) is 4.37. The maximum Gasteiger partial charge on any atom is 0.338 e. The van der Waals surface area contributed by atoms with Gasteiger partial charge in [0.25, 0.3) is 0 Å². The molecule has 7 nitrogen and oxygen atoms in total. The largest absolute Gasteiger partial charge is 0.497 e. The summed E-state index contributed by atoms with van der Waals surface area (Å²) < 4.78 is 15.6. The first-order chi connectivity index (χ1) is 14.3. The quantitative estimate of drug-likeness (QED) is 0.358. The van der Waals surface area contributed by atoms with Crippen LogP contribution in [0, 0.1) is 5.92 Å². The molecule has 0 unspecified atom stereocenters. The van der Waals surface area contributed by atoms with E-state index in [1.54, 1.807) is 36.4 Å². The first kappa shape index (κ1) is 22.9. The number of carbonyl (C=O) groups is 3. The van der Waals surface area contributed by atoms with Gasteiger partial charge in [-0.05, 0) is 54.8 Å². The summed E-state index contributed by atoms with van der Waals surface area (Å²) in [5, 5.41) is 2.64. The fourth-order valence-corrected chi connectivity index (χ4v) is 2.62. The molecule has 7 heteroatoms. The number of benzene rings is 2. The van der Waals surface area contributed by atoms with Crippen molar-refractivity contribution in [2.24, 2.45) is 5.92 Å². The van der Waals surface area contributed by atoms with Gasteiger partial charge in [-0.3, -0.25) is 9.59 Å². The highest BCUT2D eigenvalue weighted by Crippen LogP contribution is 2.26. The molecule has 0 saturated heterocycles. The molecule has 0 atom stereocenters. The van der Waals surface area contributed by atoms with Crippen LogP contribution in [-0.4, -0.2) is 38.5 Å². The van der Waals surface area contributed by atoms with E-state index in [1.165, 1.54) is 20.3 Å². The standard InChI is InChI=1S/C23H27NO6/c1-15(2)11-12-30-23(27)17-7-10-21(29-4)19(13-17)24-22(26)14-20(25)16-5-8-18(28-3)9-6-16/h5-10,13,15H,11-12,14H2,1-4H3,(H,24,26). The molecule has 0 aliphatic carbocycles. The number of esters is 1. The molecule has 2 rings (SSSR count). The van der Waals surface area contributed by atoms with E-state index in [9.17, 15) is 14.4 Å². The Morgan fingerprint density at radius 2 is 1.60 bits per heavy atom. The molecular formula is C23H27NO6. The predicted octanol–water partition coefficient (Wildman–Crippen LogP) is 4.12. The second kappa shape index (κ2) is 11.0. The molecule has 0 bridgehead atoms. The number of methoxy groups -OCH3 is 2. The van der Waals surface area contributed by atoms with E-state index in [2.05, 4.69) is 5.32 Å². The van der Waals surface area contributed by atoms with Crippen molar-refractivity contribution in [2.45, 2.75) is 26.7 Å². The number of amides is 1. The molecule has 0 aromatic heterocycles. The Bertz CT molecular complexity index is 889. The van der Waals surface area contributed by atoms with Crippen LogP contribution >= 0.6 is 0 Å². The monoisotopic (exact) mass is 413 g/mol. The fourth-order valence-electron chi connectivity index (χ4n) is 2.62. The normalized spacial score (nSPS) is 10.4. The highest BCUT2D eigenvalue weighted by atomic mass is 16.5. The molecule has 1 amide bonds. The minimum atomic E-state index is -0.514. The Labute approximate surface area is 176 Å². The van der Waals surface area contributed by atoms with Gasteiger partial charge in [0.05, 0.1) is 38.5 Å². The second-order valence-electron chi connectivity index (χ2n) is 7.11. The average molecular weight is 413 g/mol. The first-order valence-corrected chi connectivity index (χ1v) is 9.66. The predicted molar refractivity (Wildman–Crippen MR) is 113 cm³/mol. The number of ether oxygens (including phenoxy) is 3. The van der Waals surface area contributed by atoms with Crippen molar-refractivity contribution in [3.05, 3.63) is 53.6 Å². The van der Waals surface area contributed by atoms with Crippen LogP contribution in [-0.2, 0) is 9.53 Å². The van der Waals surface area contributed by atoms with Crippen molar-refractivity contribution in [3.8, 4) is 11.5 Å².